The maximum absolute atomic E-state index is 5.62. The molecular weight excluding hydrogens is 126 g/mol. The Morgan fingerprint density at radius 2 is 2.30 bits per heavy atom. The van der Waals surface area contributed by atoms with Gasteiger partial charge in [0, 0.05) is 12.4 Å². The Morgan fingerprint density at radius 3 is 3.10 bits per heavy atom. The predicted molar refractivity (Wildman–Crippen MR) is 39.6 cm³/mol. The van der Waals surface area contributed by atoms with Gasteiger partial charge in [-0.2, -0.15) is 0 Å². The van der Waals surface area contributed by atoms with Gasteiger partial charge in [-0.05, 0) is 12.1 Å². The molecule has 2 heterocycles. The zero-order chi connectivity index (χ0) is 6.97. The molecule has 10 heavy (non-hydrogen) atoms. The smallest absolute Gasteiger partial charge is 0.138 e. The van der Waals surface area contributed by atoms with Crippen molar-refractivity contribution in [1.82, 2.24) is 9.38 Å². The van der Waals surface area contributed by atoms with Crippen LogP contribution >= 0.6 is 0 Å². The molecule has 0 saturated carbocycles. The van der Waals surface area contributed by atoms with E-state index in [4.69, 9.17) is 5.73 Å². The van der Waals surface area contributed by atoms with Crippen LogP contribution in [-0.2, 0) is 0 Å². The number of imidazole rings is 1. The third-order valence-electron chi connectivity index (χ3n) is 1.46. The van der Waals surface area contributed by atoms with E-state index in [1.165, 1.54) is 0 Å². The number of pyridine rings is 1. The lowest BCUT2D eigenvalue weighted by Crippen LogP contribution is -1.93. The van der Waals surface area contributed by atoms with Crippen LogP contribution in [0.25, 0.3) is 5.65 Å². The summed E-state index contributed by atoms with van der Waals surface area (Å²) in [5.41, 5.74) is 6.51. The normalized spacial score (nSPS) is 10.4. The second kappa shape index (κ2) is 1.73. The first-order valence-corrected chi connectivity index (χ1v) is 3.05. The van der Waals surface area contributed by atoms with Gasteiger partial charge < -0.3 is 5.73 Å². The van der Waals surface area contributed by atoms with E-state index in [1.54, 1.807) is 6.20 Å². The molecule has 0 aliphatic heterocycles. The number of anilines is 1. The third-order valence-corrected chi connectivity index (χ3v) is 1.46. The van der Waals surface area contributed by atoms with Gasteiger partial charge in [0.1, 0.15) is 11.5 Å². The fourth-order valence-electron chi connectivity index (χ4n) is 0.970. The molecule has 0 radical (unpaired) electrons. The van der Waals surface area contributed by atoms with Crippen LogP contribution in [0.1, 0.15) is 0 Å². The zero-order valence-corrected chi connectivity index (χ0v) is 5.36. The van der Waals surface area contributed by atoms with Crippen molar-refractivity contribution in [3.05, 3.63) is 30.6 Å². The first-order chi connectivity index (χ1) is 4.88. The van der Waals surface area contributed by atoms with Crippen molar-refractivity contribution in [3.8, 4) is 0 Å². The van der Waals surface area contributed by atoms with E-state index in [1.807, 2.05) is 28.8 Å². The van der Waals surface area contributed by atoms with Gasteiger partial charge in [-0.3, -0.25) is 4.40 Å². The molecule has 2 rings (SSSR count). The van der Waals surface area contributed by atoms with E-state index in [-0.39, 0.29) is 0 Å². The maximum atomic E-state index is 5.62. The van der Waals surface area contributed by atoms with Gasteiger partial charge in [0.15, 0.2) is 0 Å². The summed E-state index contributed by atoms with van der Waals surface area (Å²) in [6.07, 6.45) is 3.57. The highest BCUT2D eigenvalue weighted by Gasteiger charge is 1.92. The van der Waals surface area contributed by atoms with E-state index in [2.05, 4.69) is 4.98 Å². The van der Waals surface area contributed by atoms with Crippen molar-refractivity contribution in [2.75, 3.05) is 5.73 Å². The average Bonchev–Trinajstić information content (AvgIpc) is 2.36. The summed E-state index contributed by atoms with van der Waals surface area (Å²) >= 11 is 0. The molecule has 0 fully saturated rings. The molecule has 50 valence electrons. The summed E-state index contributed by atoms with van der Waals surface area (Å²) in [6, 6.07) is 5.64. The average molecular weight is 133 g/mol. The summed E-state index contributed by atoms with van der Waals surface area (Å²) in [5.74, 6) is 0.718. The van der Waals surface area contributed by atoms with Crippen molar-refractivity contribution >= 4 is 11.5 Å². The van der Waals surface area contributed by atoms with Crippen molar-refractivity contribution in [1.29, 1.82) is 0 Å². The largest absolute Gasteiger partial charge is 0.385 e. The zero-order valence-electron chi connectivity index (χ0n) is 5.36. The summed E-state index contributed by atoms with van der Waals surface area (Å²) < 4.78 is 1.83. The number of nitrogens with zero attached hydrogens (tertiary/aromatic N) is 2. The van der Waals surface area contributed by atoms with E-state index in [0.29, 0.717) is 0 Å². The Hall–Kier alpha value is -1.51. The molecule has 2 aromatic rings. The fraction of sp³-hybridized carbons (Fsp3) is 0. The van der Waals surface area contributed by atoms with Crippen molar-refractivity contribution in [3.63, 3.8) is 0 Å². The number of fused-ring (bicyclic) bond motifs is 1. The second-order valence-electron chi connectivity index (χ2n) is 2.11. The van der Waals surface area contributed by atoms with E-state index < -0.39 is 0 Å². The topological polar surface area (TPSA) is 43.3 Å². The molecule has 0 saturated heterocycles. The van der Waals surface area contributed by atoms with Gasteiger partial charge >= 0.3 is 0 Å². The number of hydrogen-bond donors (Lipinski definition) is 1. The lowest BCUT2D eigenvalue weighted by molar-refractivity contribution is 1.20. The summed E-state index contributed by atoms with van der Waals surface area (Å²) in [5, 5.41) is 0. The van der Waals surface area contributed by atoms with Crippen molar-refractivity contribution in [2.45, 2.75) is 0 Å². The lowest BCUT2D eigenvalue weighted by atomic mass is 10.4. The van der Waals surface area contributed by atoms with Crippen LogP contribution in [-0.4, -0.2) is 9.38 Å². The monoisotopic (exact) mass is 133 g/mol. The van der Waals surface area contributed by atoms with E-state index in [0.717, 1.165) is 11.5 Å². The Bertz CT molecular complexity index is 350. The molecule has 2 aromatic heterocycles. The van der Waals surface area contributed by atoms with Crippen LogP contribution in [0.4, 0.5) is 5.82 Å². The van der Waals surface area contributed by atoms with Crippen LogP contribution in [0.3, 0.4) is 0 Å². The summed E-state index contributed by atoms with van der Waals surface area (Å²) in [6.45, 7) is 0. The quantitative estimate of drug-likeness (QED) is 0.580. The third kappa shape index (κ3) is 0.572. The summed E-state index contributed by atoms with van der Waals surface area (Å²) in [4.78, 5) is 4.06. The standard InChI is InChI=1S/C7H7N3/c8-6-2-1-3-7-9-4-5-10(6)7/h1-5H,8H2. The van der Waals surface area contributed by atoms with Gasteiger partial charge in [0.05, 0.1) is 0 Å². The van der Waals surface area contributed by atoms with Crippen LogP contribution in [0, 0.1) is 0 Å². The fourth-order valence-corrected chi connectivity index (χ4v) is 0.970. The molecular formula is C7H7N3. The Kier molecular flexibility index (Phi) is 0.917. The molecule has 0 amide bonds. The molecule has 0 unspecified atom stereocenters. The molecule has 0 aliphatic carbocycles. The highest BCUT2D eigenvalue weighted by molar-refractivity contribution is 5.46. The first-order valence-electron chi connectivity index (χ1n) is 3.05. The van der Waals surface area contributed by atoms with Gasteiger partial charge in [-0.1, -0.05) is 6.07 Å². The van der Waals surface area contributed by atoms with Crippen LogP contribution in [0.5, 0.6) is 0 Å². The van der Waals surface area contributed by atoms with Crippen molar-refractivity contribution in [2.24, 2.45) is 0 Å². The van der Waals surface area contributed by atoms with Gasteiger partial charge in [-0.25, -0.2) is 4.98 Å². The van der Waals surface area contributed by atoms with Gasteiger partial charge in [0.2, 0.25) is 0 Å². The number of nitrogens with two attached hydrogens (primary N) is 1. The minimum absolute atomic E-state index is 0.718. The first kappa shape index (κ1) is 5.29. The minimum Gasteiger partial charge on any atom is -0.385 e. The number of nitrogen functional groups attached to an aromatic ring is 1. The molecule has 2 N–H and O–H groups in total. The van der Waals surface area contributed by atoms with Crippen molar-refractivity contribution < 1.29 is 0 Å². The van der Waals surface area contributed by atoms with E-state index in [9.17, 15) is 0 Å². The minimum atomic E-state index is 0.718. The van der Waals surface area contributed by atoms with Crippen LogP contribution < -0.4 is 5.73 Å². The molecule has 0 aliphatic rings. The highest BCUT2D eigenvalue weighted by atomic mass is 15.0. The SMILES string of the molecule is Nc1cccc2nccn12. The van der Waals surface area contributed by atoms with Gasteiger partial charge in [-0.15, -0.1) is 0 Å². The molecule has 3 heteroatoms. The Morgan fingerprint density at radius 1 is 1.40 bits per heavy atom. The number of aromatic nitrogens is 2. The predicted octanol–water partition coefficient (Wildman–Crippen LogP) is 0.916. The summed E-state index contributed by atoms with van der Waals surface area (Å²) in [7, 11) is 0. The molecule has 0 spiro atoms. The maximum Gasteiger partial charge on any atom is 0.138 e. The second-order valence-corrected chi connectivity index (χ2v) is 2.11. The molecule has 0 bridgehead atoms. The molecule has 0 atom stereocenters. The Balaban J connectivity index is 2.95. The Labute approximate surface area is 58.1 Å². The number of hydrogen-bond acceptors (Lipinski definition) is 2. The van der Waals surface area contributed by atoms with Gasteiger partial charge in [0.25, 0.3) is 0 Å². The lowest BCUT2D eigenvalue weighted by Gasteiger charge is -1.95. The van der Waals surface area contributed by atoms with Crippen LogP contribution in [0.2, 0.25) is 0 Å². The molecule has 3 nitrogen and oxygen atoms in total. The molecule has 0 aromatic carbocycles. The highest BCUT2D eigenvalue weighted by Crippen LogP contribution is 2.05. The van der Waals surface area contributed by atoms with E-state index >= 15 is 0 Å². The number of rotatable bonds is 0. The van der Waals surface area contributed by atoms with Crippen LogP contribution in [0.15, 0.2) is 30.6 Å².